The Kier molecular flexibility index (Phi) is 6.36. The van der Waals surface area contributed by atoms with E-state index >= 15 is 0 Å². The summed E-state index contributed by atoms with van der Waals surface area (Å²) < 4.78 is 56.4. The Hall–Kier alpha value is -2.68. The minimum Gasteiger partial charge on any atom is -0.460 e. The van der Waals surface area contributed by atoms with E-state index in [9.17, 15) is 22.4 Å². The number of hydrogen-bond donors (Lipinski definition) is 2. The number of thiocarbonyl (C=S) groups is 1. The molecule has 0 aliphatic heterocycles. The normalized spacial score (nSPS) is 15.5. The molecule has 9 heteroatoms. The molecule has 154 valence electrons. The van der Waals surface area contributed by atoms with Gasteiger partial charge in [0, 0.05) is 0 Å². The van der Waals surface area contributed by atoms with Gasteiger partial charge in [-0.3, -0.25) is 0 Å². The molecule has 4 nitrogen and oxygen atoms in total. The molecule has 1 unspecified atom stereocenters. The summed E-state index contributed by atoms with van der Waals surface area (Å²) in [7, 11) is 0. The monoisotopic (exact) mass is 426 g/mol. The van der Waals surface area contributed by atoms with Crippen molar-refractivity contribution in [1.82, 2.24) is 10.6 Å². The fourth-order valence-electron chi connectivity index (χ4n) is 3.16. The summed E-state index contributed by atoms with van der Waals surface area (Å²) in [6.45, 7) is 0.207. The van der Waals surface area contributed by atoms with Crippen LogP contribution in [0.2, 0.25) is 0 Å². The van der Waals surface area contributed by atoms with Gasteiger partial charge in [-0.1, -0.05) is 12.1 Å². The predicted molar refractivity (Wildman–Crippen MR) is 103 cm³/mol. The van der Waals surface area contributed by atoms with Crippen molar-refractivity contribution in [2.24, 2.45) is 0 Å². The number of ether oxygens (including phenoxy) is 1. The molecule has 0 radical (unpaired) electrons. The van der Waals surface area contributed by atoms with E-state index in [0.717, 1.165) is 36.2 Å². The first-order chi connectivity index (χ1) is 13.8. The summed E-state index contributed by atoms with van der Waals surface area (Å²) >= 11 is 5.21. The maximum absolute atomic E-state index is 13.8. The number of halogens is 4. The lowest BCUT2D eigenvalue weighted by atomic mass is 10.1. The Balaban J connectivity index is 1.41. The minimum absolute atomic E-state index is 0.0163. The van der Waals surface area contributed by atoms with Crippen molar-refractivity contribution in [1.29, 1.82) is 0 Å². The molecule has 0 saturated carbocycles. The fraction of sp³-hybridized carbons (Fsp3) is 0.300. The lowest BCUT2D eigenvalue weighted by molar-refractivity contribution is -0.137. The molecule has 0 amide bonds. The highest BCUT2D eigenvalue weighted by Gasteiger charge is 2.30. The highest BCUT2D eigenvalue weighted by atomic mass is 32.1. The smallest absolute Gasteiger partial charge is 0.416 e. The standard InChI is InChI=1S/C20H18F4N2O2S/c21-16-3-1-2-15-14(16)8-9-17(15)26-19(29)25-10-11-28-18(27)12-4-6-13(7-5-12)20(22,23)24/h1-7,17H,8-11H2,(H2,25,26,29). The highest BCUT2D eigenvalue weighted by Crippen LogP contribution is 2.32. The van der Waals surface area contributed by atoms with E-state index in [4.69, 9.17) is 17.0 Å². The number of nitrogens with one attached hydrogen (secondary N) is 2. The molecule has 0 fully saturated rings. The molecule has 29 heavy (non-hydrogen) atoms. The Morgan fingerprint density at radius 2 is 1.90 bits per heavy atom. The molecule has 3 rings (SSSR count). The van der Waals surface area contributed by atoms with Gasteiger partial charge in [-0.05, 0) is 66.5 Å². The maximum atomic E-state index is 13.8. The average molecular weight is 426 g/mol. The molecule has 0 spiro atoms. The summed E-state index contributed by atoms with van der Waals surface area (Å²) in [5, 5.41) is 6.35. The first kappa shape index (κ1) is 21.0. The van der Waals surface area contributed by atoms with Crippen LogP contribution in [0.4, 0.5) is 17.6 Å². The van der Waals surface area contributed by atoms with E-state index < -0.39 is 17.7 Å². The summed E-state index contributed by atoms with van der Waals surface area (Å²) in [5.41, 5.74) is 0.768. The number of alkyl halides is 3. The number of carbonyl (C=O) groups is 1. The van der Waals surface area contributed by atoms with Crippen LogP contribution in [0.1, 0.15) is 39.5 Å². The molecular weight excluding hydrogens is 408 g/mol. The van der Waals surface area contributed by atoms with Gasteiger partial charge in [0.25, 0.3) is 0 Å². The van der Waals surface area contributed by atoms with Crippen molar-refractivity contribution in [2.75, 3.05) is 13.2 Å². The molecule has 2 aromatic rings. The number of esters is 1. The molecule has 0 heterocycles. The number of rotatable bonds is 5. The van der Waals surface area contributed by atoms with Crippen molar-refractivity contribution in [3.63, 3.8) is 0 Å². The van der Waals surface area contributed by atoms with Gasteiger partial charge in [0.2, 0.25) is 0 Å². The van der Waals surface area contributed by atoms with Gasteiger partial charge in [0.05, 0.1) is 23.7 Å². The van der Waals surface area contributed by atoms with Crippen LogP contribution in [0.15, 0.2) is 42.5 Å². The van der Waals surface area contributed by atoms with Crippen molar-refractivity contribution in [3.8, 4) is 0 Å². The third kappa shape index (κ3) is 5.23. The Labute approximate surface area is 170 Å². The van der Waals surface area contributed by atoms with E-state index in [1.807, 2.05) is 6.07 Å². The predicted octanol–water partition coefficient (Wildman–Crippen LogP) is 4.15. The van der Waals surface area contributed by atoms with Gasteiger partial charge < -0.3 is 15.4 Å². The van der Waals surface area contributed by atoms with Crippen LogP contribution in [0.5, 0.6) is 0 Å². The van der Waals surface area contributed by atoms with Crippen molar-refractivity contribution >= 4 is 23.3 Å². The van der Waals surface area contributed by atoms with Crippen LogP contribution in [-0.2, 0) is 17.3 Å². The van der Waals surface area contributed by atoms with E-state index in [0.29, 0.717) is 17.1 Å². The van der Waals surface area contributed by atoms with E-state index in [1.165, 1.54) is 6.07 Å². The first-order valence-electron chi connectivity index (χ1n) is 8.92. The maximum Gasteiger partial charge on any atom is 0.416 e. The van der Waals surface area contributed by atoms with Gasteiger partial charge in [0.1, 0.15) is 12.4 Å². The largest absolute Gasteiger partial charge is 0.460 e. The zero-order chi connectivity index (χ0) is 21.0. The van der Waals surface area contributed by atoms with Crippen LogP contribution in [0, 0.1) is 5.82 Å². The Bertz CT molecular complexity index is 900. The molecular formula is C20H18F4N2O2S. The summed E-state index contributed by atoms with van der Waals surface area (Å²) in [6.07, 6.45) is -3.10. The minimum atomic E-state index is -4.46. The second-order valence-corrected chi connectivity index (χ2v) is 6.92. The Morgan fingerprint density at radius 1 is 1.17 bits per heavy atom. The third-order valence-electron chi connectivity index (χ3n) is 4.59. The zero-order valence-corrected chi connectivity index (χ0v) is 16.0. The van der Waals surface area contributed by atoms with Crippen molar-refractivity contribution in [2.45, 2.75) is 25.1 Å². The quantitative estimate of drug-likeness (QED) is 0.326. The highest BCUT2D eigenvalue weighted by molar-refractivity contribution is 7.80. The van der Waals surface area contributed by atoms with Gasteiger partial charge >= 0.3 is 12.1 Å². The summed E-state index contributed by atoms with van der Waals surface area (Å²) in [4.78, 5) is 11.9. The van der Waals surface area contributed by atoms with Crippen LogP contribution >= 0.6 is 12.2 Å². The van der Waals surface area contributed by atoms with Crippen LogP contribution in [-0.4, -0.2) is 24.2 Å². The van der Waals surface area contributed by atoms with Crippen LogP contribution < -0.4 is 10.6 Å². The average Bonchev–Trinajstić information content (AvgIpc) is 3.08. The zero-order valence-electron chi connectivity index (χ0n) is 15.2. The molecule has 0 aromatic heterocycles. The van der Waals surface area contributed by atoms with E-state index in [2.05, 4.69) is 10.6 Å². The molecule has 0 bridgehead atoms. The van der Waals surface area contributed by atoms with Gasteiger partial charge in [-0.25, -0.2) is 9.18 Å². The molecule has 1 aliphatic rings. The SMILES string of the molecule is O=C(OCCNC(=S)NC1CCc2c(F)cccc21)c1ccc(C(F)(F)F)cc1. The lowest BCUT2D eigenvalue weighted by Gasteiger charge is -2.17. The van der Waals surface area contributed by atoms with E-state index in [-0.39, 0.29) is 30.6 Å². The second kappa shape index (κ2) is 8.77. The summed E-state index contributed by atoms with van der Waals surface area (Å²) in [6, 6.07) is 8.66. The van der Waals surface area contributed by atoms with Crippen LogP contribution in [0.25, 0.3) is 0 Å². The summed E-state index contributed by atoms with van der Waals surface area (Å²) in [5.74, 6) is -0.944. The molecule has 1 atom stereocenters. The fourth-order valence-corrected chi connectivity index (χ4v) is 3.40. The number of carbonyl (C=O) groups excluding carboxylic acids is 1. The van der Waals surface area contributed by atoms with E-state index in [1.54, 1.807) is 6.07 Å². The number of hydrogen-bond acceptors (Lipinski definition) is 3. The van der Waals surface area contributed by atoms with Crippen molar-refractivity contribution in [3.05, 3.63) is 70.5 Å². The molecule has 1 aliphatic carbocycles. The van der Waals surface area contributed by atoms with Gasteiger partial charge in [-0.15, -0.1) is 0 Å². The topological polar surface area (TPSA) is 50.4 Å². The van der Waals surface area contributed by atoms with Gasteiger partial charge in [0.15, 0.2) is 5.11 Å². The lowest BCUT2D eigenvalue weighted by Crippen LogP contribution is -2.38. The second-order valence-electron chi connectivity index (χ2n) is 6.51. The number of benzene rings is 2. The first-order valence-corrected chi connectivity index (χ1v) is 9.32. The molecule has 0 saturated heterocycles. The molecule has 2 aromatic carbocycles. The third-order valence-corrected chi connectivity index (χ3v) is 4.85. The molecule has 2 N–H and O–H groups in total. The van der Waals surface area contributed by atoms with Gasteiger partial charge in [-0.2, -0.15) is 13.2 Å². The van der Waals surface area contributed by atoms with Crippen molar-refractivity contribution < 1.29 is 27.1 Å². The van der Waals surface area contributed by atoms with Crippen LogP contribution in [0.3, 0.4) is 0 Å². The number of fused-ring (bicyclic) bond motifs is 1. The Morgan fingerprint density at radius 3 is 2.59 bits per heavy atom.